The van der Waals surface area contributed by atoms with Gasteiger partial charge in [-0.1, -0.05) is 64.4 Å². The van der Waals surface area contributed by atoms with Crippen LogP contribution in [0.3, 0.4) is 0 Å². The molecular weight excluding hydrogens is 236 g/mol. The molecule has 112 valence electrons. The van der Waals surface area contributed by atoms with Crippen LogP contribution in [-0.4, -0.2) is 12.1 Å². The third kappa shape index (κ3) is 15.2. The molecule has 0 aromatic carbocycles. The smallest absolute Gasteiger partial charge is 0.330 e. The van der Waals surface area contributed by atoms with Crippen molar-refractivity contribution in [1.82, 2.24) is 0 Å². The maximum Gasteiger partial charge on any atom is 0.330 e. The van der Waals surface area contributed by atoms with Gasteiger partial charge in [0.1, 0.15) is 0 Å². The Morgan fingerprint density at radius 1 is 0.947 bits per heavy atom. The Balaban J connectivity index is 3.22. The zero-order valence-electron chi connectivity index (χ0n) is 13.1. The summed E-state index contributed by atoms with van der Waals surface area (Å²) in [5.41, 5.74) is 0. The lowest BCUT2D eigenvalue weighted by molar-refractivity contribution is -0.141. The number of carbonyl (C=O) groups excluding carboxylic acids is 1. The summed E-state index contributed by atoms with van der Waals surface area (Å²) in [6.07, 6.45) is 16.5. The van der Waals surface area contributed by atoms with Gasteiger partial charge in [-0.3, -0.25) is 0 Å². The van der Waals surface area contributed by atoms with Gasteiger partial charge in [0, 0.05) is 6.08 Å². The lowest BCUT2D eigenvalue weighted by Gasteiger charge is -2.03. The number of rotatable bonds is 12. The highest BCUT2D eigenvalue weighted by atomic mass is 16.5. The highest BCUT2D eigenvalue weighted by molar-refractivity contribution is 5.81. The van der Waals surface area contributed by atoms with Crippen LogP contribution in [0.2, 0.25) is 0 Å². The Hall–Kier alpha value is -0.790. The van der Waals surface area contributed by atoms with Gasteiger partial charge >= 0.3 is 5.97 Å². The number of hydrogen-bond acceptors (Lipinski definition) is 2. The molecule has 0 amide bonds. The van der Waals surface area contributed by atoms with Gasteiger partial charge in [-0.2, -0.15) is 0 Å². The summed E-state index contributed by atoms with van der Waals surface area (Å²) >= 11 is 0. The molecular formula is C17H32O2. The van der Waals surface area contributed by atoms with E-state index in [1.165, 1.54) is 57.8 Å². The summed E-state index contributed by atoms with van der Waals surface area (Å²) in [6.45, 7) is 5.99. The Kier molecular flexibility index (Phi) is 13.1. The topological polar surface area (TPSA) is 26.3 Å². The van der Waals surface area contributed by atoms with Gasteiger partial charge in [0.15, 0.2) is 0 Å². The first-order valence-electron chi connectivity index (χ1n) is 8.04. The Labute approximate surface area is 119 Å². The van der Waals surface area contributed by atoms with Crippen LogP contribution in [0.15, 0.2) is 12.2 Å². The second kappa shape index (κ2) is 13.6. The standard InChI is InChI=1S/C17H32O2/c1-4-5-6-7-8-9-10-11-12-13-14-15-17(18)19-16(2)3/h14-16H,4-13H2,1-3H3. The van der Waals surface area contributed by atoms with Gasteiger partial charge in [-0.15, -0.1) is 0 Å². The zero-order valence-corrected chi connectivity index (χ0v) is 13.1. The minimum atomic E-state index is -0.217. The fourth-order valence-corrected chi connectivity index (χ4v) is 2.02. The summed E-state index contributed by atoms with van der Waals surface area (Å²) in [4.78, 5) is 11.2. The van der Waals surface area contributed by atoms with Gasteiger partial charge in [0.05, 0.1) is 6.10 Å². The van der Waals surface area contributed by atoms with E-state index in [9.17, 15) is 4.79 Å². The lowest BCUT2D eigenvalue weighted by atomic mass is 10.1. The van der Waals surface area contributed by atoms with Gasteiger partial charge in [0.25, 0.3) is 0 Å². The average molecular weight is 268 g/mol. The predicted molar refractivity (Wildman–Crippen MR) is 82.2 cm³/mol. The summed E-state index contributed by atoms with van der Waals surface area (Å²) in [7, 11) is 0. The van der Waals surface area contributed by atoms with Crippen molar-refractivity contribution < 1.29 is 9.53 Å². The Morgan fingerprint density at radius 3 is 2.00 bits per heavy atom. The highest BCUT2D eigenvalue weighted by Gasteiger charge is 1.98. The van der Waals surface area contributed by atoms with Crippen molar-refractivity contribution >= 4 is 5.97 Å². The predicted octanol–water partition coefficient (Wildman–Crippen LogP) is 5.42. The van der Waals surface area contributed by atoms with Crippen LogP contribution in [-0.2, 0) is 9.53 Å². The minimum Gasteiger partial charge on any atom is -0.460 e. The number of carbonyl (C=O) groups is 1. The molecule has 0 bridgehead atoms. The number of hydrogen-bond donors (Lipinski definition) is 0. The minimum absolute atomic E-state index is 0.0233. The van der Waals surface area contributed by atoms with Crippen LogP contribution < -0.4 is 0 Å². The summed E-state index contributed by atoms with van der Waals surface area (Å²) in [5, 5.41) is 0. The molecule has 0 aliphatic carbocycles. The normalized spacial score (nSPS) is 11.4. The van der Waals surface area contributed by atoms with Crippen molar-refractivity contribution in [1.29, 1.82) is 0 Å². The van der Waals surface area contributed by atoms with Crippen LogP contribution in [0.4, 0.5) is 0 Å². The van der Waals surface area contributed by atoms with Crippen molar-refractivity contribution in [2.45, 2.75) is 91.1 Å². The Morgan fingerprint density at radius 2 is 1.47 bits per heavy atom. The molecule has 19 heavy (non-hydrogen) atoms. The SMILES string of the molecule is CCCCCCCCCCCC=CC(=O)OC(C)C. The summed E-state index contributed by atoms with van der Waals surface area (Å²) < 4.78 is 5.02. The molecule has 0 spiro atoms. The second-order valence-electron chi connectivity index (χ2n) is 5.51. The monoisotopic (exact) mass is 268 g/mol. The summed E-state index contributed by atoms with van der Waals surface area (Å²) in [6, 6.07) is 0. The van der Waals surface area contributed by atoms with E-state index in [4.69, 9.17) is 4.74 Å². The maximum absolute atomic E-state index is 11.2. The molecule has 0 unspecified atom stereocenters. The molecule has 0 aromatic heterocycles. The summed E-state index contributed by atoms with van der Waals surface area (Å²) in [5.74, 6) is -0.217. The molecule has 0 saturated heterocycles. The third-order valence-corrected chi connectivity index (χ3v) is 3.08. The van der Waals surface area contributed by atoms with E-state index in [1.54, 1.807) is 6.08 Å². The molecule has 0 N–H and O–H groups in total. The molecule has 0 aromatic rings. The van der Waals surface area contributed by atoms with Gasteiger partial charge in [-0.05, 0) is 26.7 Å². The molecule has 2 nitrogen and oxygen atoms in total. The molecule has 0 aliphatic heterocycles. The largest absolute Gasteiger partial charge is 0.460 e. The average Bonchev–Trinajstić information content (AvgIpc) is 2.35. The molecule has 2 heteroatoms. The van der Waals surface area contributed by atoms with Crippen molar-refractivity contribution in [3.8, 4) is 0 Å². The first-order chi connectivity index (χ1) is 9.16. The van der Waals surface area contributed by atoms with Crippen molar-refractivity contribution in [3.63, 3.8) is 0 Å². The van der Waals surface area contributed by atoms with E-state index in [-0.39, 0.29) is 12.1 Å². The number of unbranched alkanes of at least 4 members (excludes halogenated alkanes) is 9. The van der Waals surface area contributed by atoms with E-state index >= 15 is 0 Å². The first-order valence-corrected chi connectivity index (χ1v) is 8.04. The van der Waals surface area contributed by atoms with Crippen molar-refractivity contribution in [3.05, 3.63) is 12.2 Å². The second-order valence-corrected chi connectivity index (χ2v) is 5.51. The fraction of sp³-hybridized carbons (Fsp3) is 0.824. The van der Waals surface area contributed by atoms with Crippen LogP contribution in [0.5, 0.6) is 0 Å². The van der Waals surface area contributed by atoms with Crippen LogP contribution >= 0.6 is 0 Å². The first kappa shape index (κ1) is 18.2. The fourth-order valence-electron chi connectivity index (χ4n) is 2.02. The third-order valence-electron chi connectivity index (χ3n) is 3.08. The Bertz CT molecular complexity index is 231. The van der Waals surface area contributed by atoms with Gasteiger partial charge < -0.3 is 4.74 Å². The van der Waals surface area contributed by atoms with E-state index in [2.05, 4.69) is 6.92 Å². The van der Waals surface area contributed by atoms with E-state index in [0.717, 1.165) is 6.42 Å². The van der Waals surface area contributed by atoms with E-state index < -0.39 is 0 Å². The van der Waals surface area contributed by atoms with Crippen molar-refractivity contribution in [2.24, 2.45) is 0 Å². The zero-order chi connectivity index (χ0) is 14.3. The lowest BCUT2D eigenvalue weighted by Crippen LogP contribution is -2.08. The molecule has 0 fully saturated rings. The van der Waals surface area contributed by atoms with Gasteiger partial charge in [0.2, 0.25) is 0 Å². The number of esters is 1. The molecule has 0 heterocycles. The van der Waals surface area contributed by atoms with Crippen LogP contribution in [0.1, 0.15) is 85.0 Å². The number of allylic oxidation sites excluding steroid dienone is 1. The van der Waals surface area contributed by atoms with Crippen LogP contribution in [0, 0.1) is 0 Å². The number of ether oxygens (including phenoxy) is 1. The quantitative estimate of drug-likeness (QED) is 0.268. The molecule has 0 aliphatic rings. The molecule has 0 atom stereocenters. The maximum atomic E-state index is 11.2. The molecule has 0 rings (SSSR count). The van der Waals surface area contributed by atoms with Crippen LogP contribution in [0.25, 0.3) is 0 Å². The highest BCUT2D eigenvalue weighted by Crippen LogP contribution is 2.10. The molecule has 0 saturated carbocycles. The van der Waals surface area contributed by atoms with E-state index in [0.29, 0.717) is 0 Å². The van der Waals surface area contributed by atoms with Crippen molar-refractivity contribution in [2.75, 3.05) is 0 Å². The molecule has 0 radical (unpaired) electrons. The van der Waals surface area contributed by atoms with E-state index in [1.807, 2.05) is 19.9 Å². The van der Waals surface area contributed by atoms with Gasteiger partial charge in [-0.25, -0.2) is 4.79 Å².